The summed E-state index contributed by atoms with van der Waals surface area (Å²) in [6, 6.07) is 10.8. The molecule has 89 valence electrons. The largest absolute Gasteiger partial charge is 0.229 e. The summed E-state index contributed by atoms with van der Waals surface area (Å²) in [5, 5.41) is 4.96. The van der Waals surface area contributed by atoms with E-state index in [0.717, 1.165) is 12.8 Å². The highest BCUT2D eigenvalue weighted by Gasteiger charge is 2.08. The summed E-state index contributed by atoms with van der Waals surface area (Å²) in [4.78, 5) is 0. The Kier molecular flexibility index (Phi) is 4.96. The lowest BCUT2D eigenvalue weighted by molar-refractivity contribution is 0.510. The van der Waals surface area contributed by atoms with Crippen molar-refractivity contribution >= 4 is 10.0 Å². The van der Waals surface area contributed by atoms with E-state index in [9.17, 15) is 8.42 Å². The maximum absolute atomic E-state index is 10.8. The second-order valence-corrected chi connectivity index (χ2v) is 5.94. The number of hydrogen-bond donors (Lipinski definition) is 1. The number of benzene rings is 1. The molecular weight excluding hydrogens is 222 g/mol. The third-order valence-electron chi connectivity index (χ3n) is 2.61. The molecule has 1 radical (unpaired) electrons. The molecule has 4 heteroatoms. The Hall–Kier alpha value is -0.870. The van der Waals surface area contributed by atoms with Crippen molar-refractivity contribution in [3.63, 3.8) is 0 Å². The van der Waals surface area contributed by atoms with Crippen LogP contribution in [0.2, 0.25) is 0 Å². The lowest BCUT2D eigenvalue weighted by Crippen LogP contribution is -2.18. The smallest absolute Gasteiger partial charge is 0.209 e. The van der Waals surface area contributed by atoms with Gasteiger partial charge in [0.05, 0.1) is 5.75 Å². The first kappa shape index (κ1) is 13.2. The highest BCUT2D eigenvalue weighted by Crippen LogP contribution is 2.12. The molecule has 1 atom stereocenters. The van der Waals surface area contributed by atoms with E-state index < -0.39 is 10.0 Å². The van der Waals surface area contributed by atoms with Crippen LogP contribution in [0.25, 0.3) is 0 Å². The molecule has 0 saturated carbocycles. The maximum atomic E-state index is 10.8. The molecule has 2 N–H and O–H groups in total. The first-order chi connectivity index (χ1) is 7.47. The van der Waals surface area contributed by atoms with Crippen molar-refractivity contribution < 1.29 is 8.42 Å². The average Bonchev–Trinajstić information content (AvgIpc) is 2.24. The molecule has 0 aliphatic heterocycles. The fourth-order valence-corrected chi connectivity index (χ4v) is 2.24. The predicted octanol–water partition coefficient (Wildman–Crippen LogP) is 1.73. The van der Waals surface area contributed by atoms with Crippen LogP contribution in [0, 0.1) is 12.0 Å². The van der Waals surface area contributed by atoms with E-state index in [-0.39, 0.29) is 5.75 Å². The molecule has 0 fully saturated rings. The molecule has 0 heterocycles. The summed E-state index contributed by atoms with van der Waals surface area (Å²) in [6.07, 6.45) is 2.60. The van der Waals surface area contributed by atoms with Crippen LogP contribution in [0.1, 0.15) is 25.3 Å². The monoisotopic (exact) mass is 240 g/mol. The minimum Gasteiger partial charge on any atom is -0.229 e. The first-order valence-electron chi connectivity index (χ1n) is 5.43. The molecule has 0 aliphatic rings. The Morgan fingerprint density at radius 2 is 1.94 bits per heavy atom. The van der Waals surface area contributed by atoms with Crippen LogP contribution in [-0.2, 0) is 16.4 Å². The summed E-state index contributed by atoms with van der Waals surface area (Å²) in [5.41, 5.74) is 1.27. The minimum atomic E-state index is -3.31. The number of rotatable bonds is 6. The zero-order valence-corrected chi connectivity index (χ0v) is 10.3. The lowest BCUT2D eigenvalue weighted by Gasteiger charge is -2.10. The van der Waals surface area contributed by atoms with E-state index in [1.54, 1.807) is 0 Å². The van der Waals surface area contributed by atoms with Gasteiger partial charge in [0.2, 0.25) is 10.0 Å². The van der Waals surface area contributed by atoms with Gasteiger partial charge in [-0.15, -0.1) is 0 Å². The van der Waals surface area contributed by atoms with E-state index in [1.807, 2.05) is 24.3 Å². The van der Waals surface area contributed by atoms with Crippen molar-refractivity contribution in [2.75, 3.05) is 5.75 Å². The maximum Gasteiger partial charge on any atom is 0.209 e. The second kappa shape index (κ2) is 6.01. The summed E-state index contributed by atoms with van der Waals surface area (Å²) in [5.74, 6) is 0.457. The zero-order valence-electron chi connectivity index (χ0n) is 9.52. The summed E-state index contributed by atoms with van der Waals surface area (Å²) in [7, 11) is -3.31. The normalized spacial score (nSPS) is 13.6. The molecular formula is C12H18NO2S. The van der Waals surface area contributed by atoms with Crippen LogP contribution in [0.15, 0.2) is 24.3 Å². The van der Waals surface area contributed by atoms with Gasteiger partial charge in [0.15, 0.2) is 0 Å². The van der Waals surface area contributed by atoms with Gasteiger partial charge < -0.3 is 0 Å². The van der Waals surface area contributed by atoms with Crippen LogP contribution in [0.3, 0.4) is 0 Å². The molecule has 1 aromatic carbocycles. The van der Waals surface area contributed by atoms with Gasteiger partial charge in [-0.3, -0.25) is 0 Å². The van der Waals surface area contributed by atoms with Crippen molar-refractivity contribution in [3.05, 3.63) is 35.9 Å². The van der Waals surface area contributed by atoms with E-state index in [4.69, 9.17) is 5.14 Å². The van der Waals surface area contributed by atoms with Crippen LogP contribution in [0.5, 0.6) is 0 Å². The van der Waals surface area contributed by atoms with Gasteiger partial charge in [0.25, 0.3) is 0 Å². The molecule has 0 spiro atoms. The highest BCUT2D eigenvalue weighted by molar-refractivity contribution is 7.89. The van der Waals surface area contributed by atoms with Crippen molar-refractivity contribution in [1.82, 2.24) is 0 Å². The van der Waals surface area contributed by atoms with E-state index >= 15 is 0 Å². The Bertz CT molecular complexity index is 400. The zero-order chi connectivity index (χ0) is 12.0. The number of nitrogens with two attached hydrogens (primary N) is 1. The van der Waals surface area contributed by atoms with Crippen LogP contribution < -0.4 is 5.14 Å². The third-order valence-corrected chi connectivity index (χ3v) is 3.41. The first-order valence-corrected chi connectivity index (χ1v) is 7.14. The Balaban J connectivity index is 2.28. The Morgan fingerprint density at radius 3 is 2.50 bits per heavy atom. The van der Waals surface area contributed by atoms with E-state index in [0.29, 0.717) is 12.3 Å². The van der Waals surface area contributed by atoms with Crippen molar-refractivity contribution in [1.29, 1.82) is 0 Å². The van der Waals surface area contributed by atoms with Gasteiger partial charge in [0, 0.05) is 0 Å². The molecule has 0 saturated heterocycles. The van der Waals surface area contributed by atoms with Gasteiger partial charge in [-0.05, 0) is 36.8 Å². The average molecular weight is 240 g/mol. The lowest BCUT2D eigenvalue weighted by atomic mass is 9.99. The molecule has 16 heavy (non-hydrogen) atoms. The topological polar surface area (TPSA) is 60.2 Å². The van der Waals surface area contributed by atoms with Crippen molar-refractivity contribution in [2.24, 2.45) is 11.1 Å². The van der Waals surface area contributed by atoms with Gasteiger partial charge in [-0.2, -0.15) is 0 Å². The van der Waals surface area contributed by atoms with Crippen molar-refractivity contribution in [2.45, 2.75) is 26.2 Å². The standard InChI is InChI=1S/C12H18NO2S/c1-11(9-10-16(13,14)15)7-8-12-5-3-2-4-6-12/h3-6,11H,7-10H2,1H3,(H2,13,14,15). The fraction of sp³-hybridized carbons (Fsp3) is 0.500. The molecule has 0 amide bonds. The van der Waals surface area contributed by atoms with Crippen LogP contribution >= 0.6 is 0 Å². The molecule has 0 aromatic heterocycles. The van der Waals surface area contributed by atoms with Crippen LogP contribution in [-0.4, -0.2) is 14.2 Å². The van der Waals surface area contributed by atoms with Gasteiger partial charge in [0.1, 0.15) is 0 Å². The summed E-state index contributed by atoms with van der Waals surface area (Å²) < 4.78 is 21.6. The Morgan fingerprint density at radius 1 is 1.31 bits per heavy atom. The van der Waals surface area contributed by atoms with Gasteiger partial charge in [-0.25, -0.2) is 13.6 Å². The third kappa shape index (κ3) is 5.88. The fourth-order valence-electron chi connectivity index (χ4n) is 1.51. The van der Waals surface area contributed by atoms with Gasteiger partial charge >= 0.3 is 0 Å². The minimum absolute atomic E-state index is 0.0801. The van der Waals surface area contributed by atoms with Crippen LogP contribution in [0.4, 0.5) is 0 Å². The molecule has 1 aromatic rings. The summed E-state index contributed by atoms with van der Waals surface area (Å²) in [6.45, 7) is 2.06. The molecule has 0 bridgehead atoms. The number of primary sulfonamides is 1. The summed E-state index contributed by atoms with van der Waals surface area (Å²) >= 11 is 0. The second-order valence-electron chi connectivity index (χ2n) is 4.21. The predicted molar refractivity (Wildman–Crippen MR) is 65.4 cm³/mol. The molecule has 1 rings (SSSR count). The van der Waals surface area contributed by atoms with E-state index in [2.05, 4.69) is 13.0 Å². The Labute approximate surface area is 97.7 Å². The molecule has 1 unspecified atom stereocenters. The quantitative estimate of drug-likeness (QED) is 0.823. The number of sulfonamides is 1. The van der Waals surface area contributed by atoms with E-state index in [1.165, 1.54) is 5.56 Å². The van der Waals surface area contributed by atoms with Crippen molar-refractivity contribution in [3.8, 4) is 0 Å². The molecule has 3 nitrogen and oxygen atoms in total. The highest BCUT2D eigenvalue weighted by atomic mass is 32.2. The number of hydrogen-bond acceptors (Lipinski definition) is 2. The number of aryl methyl sites for hydroxylation is 1. The van der Waals surface area contributed by atoms with Gasteiger partial charge in [-0.1, -0.05) is 31.2 Å². The SMILES string of the molecule is CC(CCc1cc[c]cc1)CCS(N)(=O)=O. The molecule has 0 aliphatic carbocycles.